The van der Waals surface area contributed by atoms with Gasteiger partial charge in [0.2, 0.25) is 0 Å². The summed E-state index contributed by atoms with van der Waals surface area (Å²) >= 11 is 0. The Kier molecular flexibility index (Phi) is 6.00. The van der Waals surface area contributed by atoms with Crippen LogP contribution in [0.15, 0.2) is 24.3 Å². The fourth-order valence-corrected chi connectivity index (χ4v) is 3.93. The van der Waals surface area contributed by atoms with Gasteiger partial charge in [0.15, 0.2) is 0 Å². The minimum Gasteiger partial charge on any atom is -0.490 e. The van der Waals surface area contributed by atoms with E-state index in [4.69, 9.17) is 9.47 Å². The Labute approximate surface area is 150 Å². The largest absolute Gasteiger partial charge is 0.490 e. The zero-order valence-corrected chi connectivity index (χ0v) is 15.2. The van der Waals surface area contributed by atoms with Crippen LogP contribution in [-0.2, 0) is 4.74 Å². The number of hydrogen-bond acceptors (Lipinski definition) is 5. The summed E-state index contributed by atoms with van der Waals surface area (Å²) in [7, 11) is 0. The van der Waals surface area contributed by atoms with Gasteiger partial charge in [-0.25, -0.2) is 0 Å². The third-order valence-corrected chi connectivity index (χ3v) is 5.24. The van der Waals surface area contributed by atoms with Gasteiger partial charge in [0, 0.05) is 19.6 Å². The van der Waals surface area contributed by atoms with E-state index in [0.717, 1.165) is 43.5 Å². The lowest BCUT2D eigenvalue weighted by Gasteiger charge is -2.38. The molecule has 0 spiro atoms. The van der Waals surface area contributed by atoms with Crippen LogP contribution in [0.1, 0.15) is 37.7 Å². The van der Waals surface area contributed by atoms with Crippen LogP contribution in [0.5, 0.6) is 5.75 Å². The first-order valence-electron chi connectivity index (χ1n) is 9.41. The van der Waals surface area contributed by atoms with E-state index < -0.39 is 11.2 Å². The first kappa shape index (κ1) is 18.6. The first-order valence-corrected chi connectivity index (χ1v) is 9.41. The van der Waals surface area contributed by atoms with E-state index in [0.29, 0.717) is 19.7 Å². The first-order chi connectivity index (χ1) is 12.0. The fraction of sp³-hybridized carbons (Fsp3) is 0.700. The van der Waals surface area contributed by atoms with E-state index in [1.807, 2.05) is 31.2 Å². The highest BCUT2D eigenvalue weighted by Gasteiger charge is 2.37. The minimum atomic E-state index is -1.06. The molecule has 1 aliphatic carbocycles. The molecule has 0 radical (unpaired) electrons. The molecule has 2 aliphatic rings. The zero-order valence-electron chi connectivity index (χ0n) is 15.2. The fourth-order valence-electron chi connectivity index (χ4n) is 3.93. The van der Waals surface area contributed by atoms with E-state index in [2.05, 4.69) is 4.90 Å². The summed E-state index contributed by atoms with van der Waals surface area (Å²) in [4.78, 5) is 2.14. The van der Waals surface area contributed by atoms with Crippen molar-refractivity contribution in [3.8, 4) is 5.75 Å². The molecule has 0 aromatic heterocycles. The van der Waals surface area contributed by atoms with Crippen molar-refractivity contribution >= 4 is 0 Å². The molecule has 1 heterocycles. The Morgan fingerprint density at radius 1 is 1.16 bits per heavy atom. The van der Waals surface area contributed by atoms with Crippen molar-refractivity contribution in [2.75, 3.05) is 39.5 Å². The average Bonchev–Trinajstić information content (AvgIpc) is 2.75. The van der Waals surface area contributed by atoms with Gasteiger partial charge in [-0.15, -0.1) is 0 Å². The molecule has 2 fully saturated rings. The zero-order chi connectivity index (χ0) is 17.8. The molecule has 0 bridgehead atoms. The van der Waals surface area contributed by atoms with Crippen LogP contribution in [0.2, 0.25) is 0 Å². The quantitative estimate of drug-likeness (QED) is 0.853. The molecular weight excluding hydrogens is 318 g/mol. The molecule has 2 N–H and O–H groups in total. The number of β-amino-alcohol motifs (C(OH)–C–C–N with tert-alkyl or cyclic N) is 2. The maximum Gasteiger partial charge on any atom is 0.134 e. The molecule has 1 unspecified atom stereocenters. The molecule has 3 rings (SSSR count). The summed E-state index contributed by atoms with van der Waals surface area (Å²) in [5.41, 5.74) is -0.561. The van der Waals surface area contributed by atoms with Gasteiger partial charge in [-0.3, -0.25) is 4.90 Å². The molecule has 1 saturated carbocycles. The van der Waals surface area contributed by atoms with Crippen molar-refractivity contribution in [3.05, 3.63) is 29.8 Å². The summed E-state index contributed by atoms with van der Waals surface area (Å²) in [6.45, 7) is 4.82. The van der Waals surface area contributed by atoms with Gasteiger partial charge in [0.05, 0.1) is 18.8 Å². The smallest absolute Gasteiger partial charge is 0.134 e. The molecule has 1 aromatic rings. The summed E-state index contributed by atoms with van der Waals surface area (Å²) < 4.78 is 11.5. The number of benzene rings is 1. The van der Waals surface area contributed by atoms with Crippen molar-refractivity contribution < 1.29 is 19.7 Å². The molecule has 1 saturated heterocycles. The molecule has 0 amide bonds. The average molecular weight is 349 g/mol. The molecule has 25 heavy (non-hydrogen) atoms. The predicted molar refractivity (Wildman–Crippen MR) is 96.9 cm³/mol. The van der Waals surface area contributed by atoms with E-state index in [9.17, 15) is 10.2 Å². The van der Waals surface area contributed by atoms with E-state index in [-0.39, 0.29) is 13.2 Å². The topological polar surface area (TPSA) is 62.2 Å². The Morgan fingerprint density at radius 2 is 1.96 bits per heavy atom. The Morgan fingerprint density at radius 3 is 2.72 bits per heavy atom. The van der Waals surface area contributed by atoms with Gasteiger partial charge in [-0.2, -0.15) is 0 Å². The minimum absolute atomic E-state index is 0.186. The lowest BCUT2D eigenvalue weighted by atomic mass is 9.84. The van der Waals surface area contributed by atoms with Gasteiger partial charge in [-0.05, 0) is 37.5 Å². The van der Waals surface area contributed by atoms with Crippen LogP contribution < -0.4 is 4.74 Å². The van der Waals surface area contributed by atoms with Gasteiger partial charge >= 0.3 is 0 Å². The molecule has 5 nitrogen and oxygen atoms in total. The third kappa shape index (κ3) is 5.42. The van der Waals surface area contributed by atoms with Crippen LogP contribution in [0.3, 0.4) is 0 Å². The maximum absolute atomic E-state index is 11.0. The van der Waals surface area contributed by atoms with Crippen molar-refractivity contribution in [1.29, 1.82) is 0 Å². The molecule has 5 heteroatoms. The normalized spacial score (nSPS) is 27.6. The van der Waals surface area contributed by atoms with E-state index in [1.165, 1.54) is 6.42 Å². The SMILES string of the molecule is Cc1cccc(OCC2(O)COCCN(CC3(O)CCCCC3)C2)c1. The van der Waals surface area contributed by atoms with Gasteiger partial charge in [0.1, 0.15) is 18.0 Å². The predicted octanol–water partition coefficient (Wildman–Crippen LogP) is 2.13. The van der Waals surface area contributed by atoms with E-state index >= 15 is 0 Å². The number of rotatable bonds is 5. The highest BCUT2D eigenvalue weighted by Crippen LogP contribution is 2.29. The van der Waals surface area contributed by atoms with Crippen LogP contribution in [0.4, 0.5) is 0 Å². The molecular formula is C20H31NO4. The van der Waals surface area contributed by atoms with Crippen molar-refractivity contribution in [1.82, 2.24) is 4.90 Å². The highest BCUT2D eigenvalue weighted by molar-refractivity contribution is 5.27. The van der Waals surface area contributed by atoms with Crippen LogP contribution in [0.25, 0.3) is 0 Å². The van der Waals surface area contributed by atoms with Gasteiger partial charge in [-0.1, -0.05) is 31.4 Å². The standard InChI is InChI=1S/C20H31NO4/c1-17-6-5-7-18(12-17)25-16-20(23)14-21(10-11-24-15-20)13-19(22)8-3-2-4-9-19/h5-7,12,22-23H,2-4,8-11,13-16H2,1H3. The number of nitrogens with zero attached hydrogens (tertiary/aromatic N) is 1. The van der Waals surface area contributed by atoms with Crippen LogP contribution >= 0.6 is 0 Å². The second-order valence-electron chi connectivity index (χ2n) is 7.88. The lowest BCUT2D eigenvalue weighted by molar-refractivity contribution is -0.0759. The maximum atomic E-state index is 11.0. The number of hydrogen-bond donors (Lipinski definition) is 2. The number of aliphatic hydroxyl groups is 2. The Balaban J connectivity index is 1.59. The molecule has 1 aromatic carbocycles. The van der Waals surface area contributed by atoms with Gasteiger partial charge in [0.25, 0.3) is 0 Å². The van der Waals surface area contributed by atoms with Crippen molar-refractivity contribution in [3.63, 3.8) is 0 Å². The molecule has 1 atom stereocenters. The Hall–Kier alpha value is -1.14. The number of aryl methyl sites for hydroxylation is 1. The monoisotopic (exact) mass is 349 g/mol. The summed E-state index contributed by atoms with van der Waals surface area (Å²) in [6.07, 6.45) is 5.08. The van der Waals surface area contributed by atoms with Crippen molar-refractivity contribution in [2.45, 2.75) is 50.2 Å². The molecule has 1 aliphatic heterocycles. The third-order valence-electron chi connectivity index (χ3n) is 5.24. The molecule has 140 valence electrons. The van der Waals surface area contributed by atoms with Crippen LogP contribution in [-0.4, -0.2) is 65.8 Å². The second-order valence-corrected chi connectivity index (χ2v) is 7.88. The summed E-state index contributed by atoms with van der Waals surface area (Å²) in [5, 5.41) is 21.8. The lowest BCUT2D eigenvalue weighted by Crippen LogP contribution is -2.53. The second kappa shape index (κ2) is 8.04. The number of ether oxygens (including phenoxy) is 2. The highest BCUT2D eigenvalue weighted by atomic mass is 16.5. The van der Waals surface area contributed by atoms with E-state index in [1.54, 1.807) is 0 Å². The summed E-state index contributed by atoms with van der Waals surface area (Å²) in [5.74, 6) is 0.759. The van der Waals surface area contributed by atoms with Crippen molar-refractivity contribution in [2.24, 2.45) is 0 Å². The van der Waals surface area contributed by atoms with Crippen LogP contribution in [0, 0.1) is 6.92 Å². The Bertz CT molecular complexity index is 558. The van der Waals surface area contributed by atoms with Gasteiger partial charge < -0.3 is 19.7 Å². The summed E-state index contributed by atoms with van der Waals surface area (Å²) in [6, 6.07) is 7.83.